The van der Waals surface area contributed by atoms with Gasteiger partial charge in [0.15, 0.2) is 5.82 Å². The average molecular weight is 302 g/mol. The lowest BCUT2D eigenvalue weighted by Crippen LogP contribution is -2.31. The molecule has 1 aromatic carbocycles. The van der Waals surface area contributed by atoms with Crippen LogP contribution in [0.15, 0.2) is 12.1 Å². The number of amides is 1. The second kappa shape index (κ2) is 5.36. The molecule has 20 heavy (non-hydrogen) atoms. The topological polar surface area (TPSA) is 60.9 Å². The Bertz CT molecular complexity index is 669. The Morgan fingerprint density at radius 1 is 1.45 bits per heavy atom. The van der Waals surface area contributed by atoms with E-state index in [1.165, 1.54) is 4.57 Å². The number of aromatic nitrogens is 2. The molecule has 1 heterocycles. The van der Waals surface area contributed by atoms with E-state index in [2.05, 4.69) is 4.98 Å². The summed E-state index contributed by atoms with van der Waals surface area (Å²) in [5.41, 5.74) is 5.56. The molecule has 1 unspecified atom stereocenters. The summed E-state index contributed by atoms with van der Waals surface area (Å²) in [6, 6.07) is 1.10. The van der Waals surface area contributed by atoms with Gasteiger partial charge >= 0.3 is 0 Å². The van der Waals surface area contributed by atoms with Gasteiger partial charge in [0.2, 0.25) is 5.91 Å². The van der Waals surface area contributed by atoms with Crippen LogP contribution in [0.5, 0.6) is 0 Å². The molecule has 2 aromatic rings. The number of carbonyl (C=O) groups is 1. The zero-order valence-corrected chi connectivity index (χ0v) is 11.8. The van der Waals surface area contributed by atoms with Crippen LogP contribution >= 0.6 is 11.6 Å². The highest BCUT2D eigenvalue weighted by atomic mass is 35.5. The maximum Gasteiger partial charge on any atom is 0.240 e. The van der Waals surface area contributed by atoms with E-state index in [0.29, 0.717) is 0 Å². The van der Waals surface area contributed by atoms with Crippen molar-refractivity contribution in [2.45, 2.75) is 25.8 Å². The predicted molar refractivity (Wildman–Crippen MR) is 72.3 cm³/mol. The molecule has 1 aromatic heterocycles. The lowest BCUT2D eigenvalue weighted by atomic mass is 10.0. The van der Waals surface area contributed by atoms with Gasteiger partial charge in [-0.1, -0.05) is 13.8 Å². The number of fused-ring (bicyclic) bond motifs is 1. The molecule has 2 rings (SSSR count). The van der Waals surface area contributed by atoms with E-state index in [1.54, 1.807) is 13.8 Å². The Morgan fingerprint density at radius 3 is 2.60 bits per heavy atom. The Kier molecular flexibility index (Phi) is 3.94. The van der Waals surface area contributed by atoms with Gasteiger partial charge in [-0.2, -0.15) is 0 Å². The van der Waals surface area contributed by atoms with Crippen molar-refractivity contribution in [2.24, 2.45) is 11.7 Å². The monoisotopic (exact) mass is 301 g/mol. The first kappa shape index (κ1) is 14.7. The number of primary amides is 1. The molecule has 4 nitrogen and oxygen atoms in total. The number of alkyl halides is 1. The van der Waals surface area contributed by atoms with Gasteiger partial charge in [0.25, 0.3) is 0 Å². The number of nitrogens with two attached hydrogens (primary N) is 1. The molecule has 0 aliphatic heterocycles. The van der Waals surface area contributed by atoms with E-state index in [0.717, 1.165) is 12.1 Å². The maximum absolute atomic E-state index is 13.8. The molecule has 0 aliphatic rings. The fraction of sp³-hybridized carbons (Fsp3) is 0.385. The van der Waals surface area contributed by atoms with Crippen LogP contribution in [-0.2, 0) is 10.7 Å². The molecular weight excluding hydrogens is 288 g/mol. The fourth-order valence-electron chi connectivity index (χ4n) is 2.33. The molecule has 1 amide bonds. The third-order valence-corrected chi connectivity index (χ3v) is 3.35. The third-order valence-electron chi connectivity index (χ3n) is 3.11. The lowest BCUT2D eigenvalue weighted by Gasteiger charge is -2.21. The molecular formula is C13H14ClF2N3O. The van der Waals surface area contributed by atoms with Gasteiger partial charge < -0.3 is 10.3 Å². The van der Waals surface area contributed by atoms with Crippen molar-refractivity contribution in [1.82, 2.24) is 9.55 Å². The van der Waals surface area contributed by atoms with Crippen LogP contribution < -0.4 is 5.73 Å². The number of halogens is 3. The lowest BCUT2D eigenvalue weighted by molar-refractivity contribution is -0.122. The van der Waals surface area contributed by atoms with Crippen molar-refractivity contribution in [2.75, 3.05) is 0 Å². The van der Waals surface area contributed by atoms with Crippen molar-refractivity contribution in [3.8, 4) is 0 Å². The number of hydrogen-bond acceptors (Lipinski definition) is 2. The highest BCUT2D eigenvalue weighted by molar-refractivity contribution is 6.17. The SMILES string of the molecule is CC(C)C(C(N)=O)n1c(CCl)nc2c(F)cc(F)cc21. The summed E-state index contributed by atoms with van der Waals surface area (Å²) in [6.45, 7) is 3.57. The Balaban J connectivity index is 2.82. The highest BCUT2D eigenvalue weighted by Gasteiger charge is 2.27. The van der Waals surface area contributed by atoms with Crippen LogP contribution in [0.25, 0.3) is 11.0 Å². The summed E-state index contributed by atoms with van der Waals surface area (Å²) in [7, 11) is 0. The number of imidazole rings is 1. The smallest absolute Gasteiger partial charge is 0.240 e. The molecule has 0 saturated carbocycles. The summed E-state index contributed by atoms with van der Waals surface area (Å²) in [5.74, 6) is -2.06. The van der Waals surface area contributed by atoms with Crippen molar-refractivity contribution in [1.29, 1.82) is 0 Å². The van der Waals surface area contributed by atoms with Gasteiger partial charge in [-0.3, -0.25) is 4.79 Å². The summed E-state index contributed by atoms with van der Waals surface area (Å²) in [6.07, 6.45) is 0. The maximum atomic E-state index is 13.8. The molecule has 7 heteroatoms. The number of hydrogen-bond donors (Lipinski definition) is 1. The number of nitrogens with zero attached hydrogens (tertiary/aromatic N) is 2. The van der Waals surface area contributed by atoms with Crippen LogP contribution in [0.2, 0.25) is 0 Å². The Morgan fingerprint density at radius 2 is 2.10 bits per heavy atom. The van der Waals surface area contributed by atoms with E-state index in [4.69, 9.17) is 17.3 Å². The van der Waals surface area contributed by atoms with Gasteiger partial charge in [0, 0.05) is 12.1 Å². The molecule has 0 radical (unpaired) electrons. The van der Waals surface area contributed by atoms with Crippen LogP contribution in [0.3, 0.4) is 0 Å². The van der Waals surface area contributed by atoms with E-state index in [9.17, 15) is 13.6 Å². The Labute approximate surface area is 119 Å². The first-order valence-corrected chi connectivity index (χ1v) is 6.61. The number of carbonyl (C=O) groups excluding carboxylic acids is 1. The van der Waals surface area contributed by atoms with Crippen LogP contribution in [0, 0.1) is 17.6 Å². The molecule has 0 bridgehead atoms. The molecule has 0 fully saturated rings. The third kappa shape index (κ3) is 2.35. The Hall–Kier alpha value is -1.69. The highest BCUT2D eigenvalue weighted by Crippen LogP contribution is 2.29. The second-order valence-corrected chi connectivity index (χ2v) is 5.15. The van der Waals surface area contributed by atoms with E-state index in [-0.39, 0.29) is 28.7 Å². The summed E-state index contributed by atoms with van der Waals surface area (Å²) < 4.78 is 28.6. The molecule has 0 spiro atoms. The van der Waals surface area contributed by atoms with Gasteiger partial charge in [-0.05, 0) is 5.92 Å². The average Bonchev–Trinajstić information content (AvgIpc) is 2.67. The zero-order valence-electron chi connectivity index (χ0n) is 11.0. The number of rotatable bonds is 4. The first-order chi connectivity index (χ1) is 9.36. The van der Waals surface area contributed by atoms with Gasteiger partial charge in [-0.15, -0.1) is 11.6 Å². The zero-order chi connectivity index (χ0) is 15.0. The summed E-state index contributed by atoms with van der Waals surface area (Å²) in [5, 5.41) is 0. The standard InChI is InChI=1S/C13H14ClF2N3O/c1-6(2)12(13(17)20)19-9-4-7(15)3-8(16)11(9)18-10(19)5-14/h3-4,6,12H,5H2,1-2H3,(H2,17,20). The van der Waals surface area contributed by atoms with Gasteiger partial charge in [-0.25, -0.2) is 13.8 Å². The van der Waals surface area contributed by atoms with Crippen LogP contribution in [0.4, 0.5) is 8.78 Å². The van der Waals surface area contributed by atoms with Gasteiger partial charge in [0.1, 0.15) is 23.2 Å². The molecule has 2 N–H and O–H groups in total. The summed E-state index contributed by atoms with van der Waals surface area (Å²) >= 11 is 5.80. The number of benzene rings is 1. The van der Waals surface area contributed by atoms with Crippen LogP contribution in [-0.4, -0.2) is 15.5 Å². The molecule has 0 saturated heterocycles. The second-order valence-electron chi connectivity index (χ2n) is 4.88. The van der Waals surface area contributed by atoms with E-state index in [1.807, 2.05) is 0 Å². The first-order valence-electron chi connectivity index (χ1n) is 6.08. The minimum absolute atomic E-state index is 0.0195. The molecule has 108 valence electrons. The molecule has 1 atom stereocenters. The van der Waals surface area contributed by atoms with Crippen molar-refractivity contribution in [3.05, 3.63) is 29.6 Å². The quantitative estimate of drug-likeness (QED) is 0.883. The van der Waals surface area contributed by atoms with Crippen molar-refractivity contribution >= 4 is 28.5 Å². The normalized spacial score (nSPS) is 13.1. The fourth-order valence-corrected chi connectivity index (χ4v) is 2.52. The van der Waals surface area contributed by atoms with Crippen LogP contribution in [0.1, 0.15) is 25.7 Å². The van der Waals surface area contributed by atoms with Crippen molar-refractivity contribution < 1.29 is 13.6 Å². The van der Waals surface area contributed by atoms with Crippen molar-refractivity contribution in [3.63, 3.8) is 0 Å². The largest absolute Gasteiger partial charge is 0.368 e. The van der Waals surface area contributed by atoms with Gasteiger partial charge in [0.05, 0.1) is 11.4 Å². The predicted octanol–water partition coefficient (Wildman–Crippen LogP) is 2.74. The van der Waals surface area contributed by atoms with E-state index < -0.39 is 23.6 Å². The van der Waals surface area contributed by atoms with E-state index >= 15 is 0 Å². The summed E-state index contributed by atoms with van der Waals surface area (Å²) in [4.78, 5) is 15.7. The minimum atomic E-state index is -0.794. The molecule has 0 aliphatic carbocycles. The minimum Gasteiger partial charge on any atom is -0.368 e.